The van der Waals surface area contributed by atoms with Crippen LogP contribution in [0, 0.1) is 11.3 Å². The van der Waals surface area contributed by atoms with E-state index in [9.17, 15) is 0 Å². The Hall–Kier alpha value is -1.79. The maximum atomic E-state index is 8.80. The summed E-state index contributed by atoms with van der Waals surface area (Å²) in [5.41, 5.74) is 2.02. The predicted octanol–water partition coefficient (Wildman–Crippen LogP) is 3.21. The lowest BCUT2D eigenvalue weighted by Gasteiger charge is -2.25. The van der Waals surface area contributed by atoms with Gasteiger partial charge in [0.05, 0.1) is 18.4 Å². The molecular weight excluding hydrogens is 224 g/mol. The standard InChI is InChI=1S/C15H18N2O/c1-11(8-16)17-10-15(2,3)13-9-18-14-7-5-4-6-12(13)14/h4-7,9,11,17H,10H2,1-3H3. The fourth-order valence-electron chi connectivity index (χ4n) is 2.05. The molecule has 0 radical (unpaired) electrons. The van der Waals surface area contributed by atoms with Crippen molar-refractivity contribution in [3.05, 3.63) is 36.1 Å². The molecule has 0 spiro atoms. The van der Waals surface area contributed by atoms with Gasteiger partial charge in [0.15, 0.2) is 0 Å². The van der Waals surface area contributed by atoms with Gasteiger partial charge in [-0.05, 0) is 13.0 Å². The zero-order valence-corrected chi connectivity index (χ0v) is 11.0. The van der Waals surface area contributed by atoms with Gasteiger partial charge in [0, 0.05) is 22.9 Å². The van der Waals surface area contributed by atoms with Crippen molar-refractivity contribution < 1.29 is 4.42 Å². The molecule has 3 nitrogen and oxygen atoms in total. The fraction of sp³-hybridized carbons (Fsp3) is 0.400. The maximum Gasteiger partial charge on any atom is 0.134 e. The Morgan fingerprint density at radius 1 is 1.39 bits per heavy atom. The highest BCUT2D eigenvalue weighted by atomic mass is 16.3. The topological polar surface area (TPSA) is 49.0 Å². The molecule has 0 bridgehead atoms. The number of fused-ring (bicyclic) bond motifs is 1. The minimum Gasteiger partial charge on any atom is -0.464 e. The quantitative estimate of drug-likeness (QED) is 0.895. The van der Waals surface area contributed by atoms with Crippen LogP contribution >= 0.6 is 0 Å². The summed E-state index contributed by atoms with van der Waals surface area (Å²) in [6.07, 6.45) is 1.82. The number of nitrogens with zero attached hydrogens (tertiary/aromatic N) is 1. The molecule has 1 N–H and O–H groups in total. The molecule has 94 valence electrons. The van der Waals surface area contributed by atoms with Crippen LogP contribution in [0.15, 0.2) is 34.9 Å². The van der Waals surface area contributed by atoms with Gasteiger partial charge in [-0.1, -0.05) is 32.0 Å². The Morgan fingerprint density at radius 2 is 2.11 bits per heavy atom. The lowest BCUT2D eigenvalue weighted by Crippen LogP contribution is -2.37. The van der Waals surface area contributed by atoms with Crippen molar-refractivity contribution in [1.29, 1.82) is 5.26 Å². The summed E-state index contributed by atoms with van der Waals surface area (Å²) >= 11 is 0. The molecule has 0 aliphatic carbocycles. The van der Waals surface area contributed by atoms with Gasteiger partial charge in [0.25, 0.3) is 0 Å². The largest absolute Gasteiger partial charge is 0.464 e. The predicted molar refractivity (Wildman–Crippen MR) is 72.3 cm³/mol. The van der Waals surface area contributed by atoms with E-state index in [1.54, 1.807) is 0 Å². The van der Waals surface area contributed by atoms with E-state index in [1.807, 2.05) is 31.4 Å². The van der Waals surface area contributed by atoms with Crippen LogP contribution in [0.25, 0.3) is 11.0 Å². The number of furan rings is 1. The Bertz CT molecular complexity index is 577. The lowest BCUT2D eigenvalue weighted by molar-refractivity contribution is 0.453. The summed E-state index contributed by atoms with van der Waals surface area (Å²) in [6, 6.07) is 10.1. The average molecular weight is 242 g/mol. The number of hydrogen-bond acceptors (Lipinski definition) is 3. The van der Waals surface area contributed by atoms with E-state index in [-0.39, 0.29) is 11.5 Å². The number of nitrogens with one attached hydrogen (secondary N) is 1. The summed E-state index contributed by atoms with van der Waals surface area (Å²) in [5, 5.41) is 13.2. The Balaban J connectivity index is 2.27. The van der Waals surface area contributed by atoms with Gasteiger partial charge in [-0.15, -0.1) is 0 Å². The molecule has 0 saturated carbocycles. The average Bonchev–Trinajstić information content (AvgIpc) is 2.80. The second-order valence-corrected chi connectivity index (χ2v) is 5.26. The highest BCUT2D eigenvalue weighted by molar-refractivity contribution is 5.82. The van der Waals surface area contributed by atoms with Gasteiger partial charge in [-0.2, -0.15) is 5.26 Å². The second-order valence-electron chi connectivity index (χ2n) is 5.26. The molecule has 0 aliphatic rings. The molecule has 0 saturated heterocycles. The molecular formula is C15H18N2O. The summed E-state index contributed by atoms with van der Waals surface area (Å²) < 4.78 is 5.58. The van der Waals surface area contributed by atoms with E-state index in [4.69, 9.17) is 9.68 Å². The molecule has 18 heavy (non-hydrogen) atoms. The van der Waals surface area contributed by atoms with Crippen LogP contribution in [0.2, 0.25) is 0 Å². The van der Waals surface area contributed by atoms with Crippen LogP contribution in [-0.2, 0) is 5.41 Å². The zero-order chi connectivity index (χ0) is 13.2. The Kier molecular flexibility index (Phi) is 3.40. The monoisotopic (exact) mass is 242 g/mol. The van der Waals surface area contributed by atoms with Gasteiger partial charge in [-0.3, -0.25) is 0 Å². The smallest absolute Gasteiger partial charge is 0.134 e. The van der Waals surface area contributed by atoms with Gasteiger partial charge in [-0.25, -0.2) is 0 Å². The van der Waals surface area contributed by atoms with Crippen molar-refractivity contribution in [2.45, 2.75) is 32.2 Å². The number of rotatable bonds is 4. The minimum atomic E-state index is -0.137. The number of nitriles is 1. The third-order valence-corrected chi connectivity index (χ3v) is 3.25. The van der Waals surface area contributed by atoms with Crippen LogP contribution in [0.4, 0.5) is 0 Å². The highest BCUT2D eigenvalue weighted by Crippen LogP contribution is 2.31. The van der Waals surface area contributed by atoms with E-state index in [0.29, 0.717) is 0 Å². The molecule has 1 heterocycles. The first-order chi connectivity index (χ1) is 8.54. The first-order valence-corrected chi connectivity index (χ1v) is 6.14. The number of para-hydroxylation sites is 1. The SMILES string of the molecule is CC(C#N)NCC(C)(C)c1coc2ccccc12. The minimum absolute atomic E-state index is 0.0717. The zero-order valence-electron chi connectivity index (χ0n) is 11.0. The molecule has 1 atom stereocenters. The van der Waals surface area contributed by atoms with Crippen LogP contribution in [0.5, 0.6) is 0 Å². The molecule has 3 heteroatoms. The third-order valence-electron chi connectivity index (χ3n) is 3.25. The second kappa shape index (κ2) is 4.83. The summed E-state index contributed by atoms with van der Waals surface area (Å²) in [5.74, 6) is 0. The normalized spacial score (nSPS) is 13.4. The maximum absolute atomic E-state index is 8.80. The molecule has 2 rings (SSSR count). The van der Waals surface area contributed by atoms with Crippen molar-refractivity contribution >= 4 is 11.0 Å². The van der Waals surface area contributed by atoms with Crippen LogP contribution in [0.3, 0.4) is 0 Å². The van der Waals surface area contributed by atoms with Gasteiger partial charge in [0.1, 0.15) is 5.58 Å². The number of hydrogen-bond donors (Lipinski definition) is 1. The van der Waals surface area contributed by atoms with E-state index in [2.05, 4.69) is 31.3 Å². The molecule has 0 fully saturated rings. The molecule has 0 amide bonds. The van der Waals surface area contributed by atoms with Crippen molar-refractivity contribution in [2.75, 3.05) is 6.54 Å². The molecule has 1 aromatic carbocycles. The summed E-state index contributed by atoms with van der Waals surface area (Å²) in [6.45, 7) is 6.91. The fourth-order valence-corrected chi connectivity index (χ4v) is 2.05. The summed E-state index contributed by atoms with van der Waals surface area (Å²) in [7, 11) is 0. The van der Waals surface area contributed by atoms with Gasteiger partial charge >= 0.3 is 0 Å². The molecule has 1 aromatic heterocycles. The van der Waals surface area contributed by atoms with E-state index < -0.39 is 0 Å². The van der Waals surface area contributed by atoms with Gasteiger partial charge < -0.3 is 9.73 Å². The van der Waals surface area contributed by atoms with Crippen LogP contribution in [0.1, 0.15) is 26.3 Å². The Labute approximate surface area is 107 Å². The first kappa shape index (κ1) is 12.7. The summed E-state index contributed by atoms with van der Waals surface area (Å²) in [4.78, 5) is 0. The lowest BCUT2D eigenvalue weighted by atomic mass is 9.84. The van der Waals surface area contributed by atoms with Crippen LogP contribution in [-0.4, -0.2) is 12.6 Å². The third kappa shape index (κ3) is 2.39. The van der Waals surface area contributed by atoms with Crippen LogP contribution < -0.4 is 5.32 Å². The van der Waals surface area contributed by atoms with Crippen molar-refractivity contribution in [3.8, 4) is 6.07 Å². The van der Waals surface area contributed by atoms with E-state index >= 15 is 0 Å². The van der Waals surface area contributed by atoms with Crippen molar-refractivity contribution in [2.24, 2.45) is 0 Å². The molecule has 0 aliphatic heterocycles. The molecule has 2 aromatic rings. The van der Waals surface area contributed by atoms with E-state index in [0.717, 1.165) is 17.5 Å². The van der Waals surface area contributed by atoms with Crippen molar-refractivity contribution in [1.82, 2.24) is 5.32 Å². The van der Waals surface area contributed by atoms with Crippen molar-refractivity contribution in [3.63, 3.8) is 0 Å². The Morgan fingerprint density at radius 3 is 2.83 bits per heavy atom. The number of benzene rings is 1. The highest BCUT2D eigenvalue weighted by Gasteiger charge is 2.25. The first-order valence-electron chi connectivity index (χ1n) is 6.14. The molecule has 1 unspecified atom stereocenters. The van der Waals surface area contributed by atoms with Gasteiger partial charge in [0.2, 0.25) is 0 Å². The van der Waals surface area contributed by atoms with E-state index in [1.165, 1.54) is 5.56 Å².